The molecule has 38 heavy (non-hydrogen) atoms. The second-order valence-corrected chi connectivity index (χ2v) is 10.9. The lowest BCUT2D eigenvalue weighted by atomic mass is 9.97. The monoisotopic (exact) mass is 536 g/mol. The lowest BCUT2D eigenvalue weighted by Crippen LogP contribution is -2.48. The number of likely N-dealkylation sites (tertiary alicyclic amines) is 1. The molecule has 5 rings (SSSR count). The summed E-state index contributed by atoms with van der Waals surface area (Å²) in [7, 11) is 0. The molecular weight excluding hydrogens is 503 g/mol. The van der Waals surface area contributed by atoms with Crippen LogP contribution in [0.5, 0.6) is 5.75 Å². The van der Waals surface area contributed by atoms with E-state index in [1.165, 1.54) is 29.0 Å². The third kappa shape index (κ3) is 5.99. The van der Waals surface area contributed by atoms with E-state index < -0.39 is 0 Å². The minimum Gasteiger partial charge on any atom is -0.484 e. The Morgan fingerprint density at radius 3 is 2.34 bits per heavy atom. The van der Waals surface area contributed by atoms with E-state index in [0.29, 0.717) is 50.7 Å². The van der Waals surface area contributed by atoms with Crippen molar-refractivity contribution in [3.8, 4) is 5.75 Å². The first kappa shape index (κ1) is 26.2. The predicted octanol–water partition coefficient (Wildman–Crippen LogP) is 4.65. The topological polar surface area (TPSA) is 66.0 Å². The Kier molecular flexibility index (Phi) is 7.93. The maximum atomic E-state index is 13.2. The number of carbonyl (C=O) groups is 2. The Balaban J connectivity index is 1.09. The van der Waals surface area contributed by atoms with Gasteiger partial charge < -0.3 is 19.4 Å². The molecule has 2 fully saturated rings. The summed E-state index contributed by atoms with van der Waals surface area (Å²) in [5.74, 6) is 0.676. The van der Waals surface area contributed by atoms with Crippen molar-refractivity contribution in [2.24, 2.45) is 0 Å². The lowest BCUT2D eigenvalue weighted by Gasteiger charge is -2.35. The number of rotatable bonds is 6. The lowest BCUT2D eigenvalue weighted by molar-refractivity contribution is -0.134. The average Bonchev–Trinajstić information content (AvgIpc) is 3.44. The fraction of sp³-hybridized carbons (Fsp3) is 0.414. The van der Waals surface area contributed by atoms with Gasteiger partial charge in [0.2, 0.25) is 0 Å². The van der Waals surface area contributed by atoms with E-state index in [-0.39, 0.29) is 30.2 Å². The van der Waals surface area contributed by atoms with E-state index in [1.54, 1.807) is 12.1 Å². The van der Waals surface area contributed by atoms with Crippen molar-refractivity contribution in [2.45, 2.75) is 32.6 Å². The zero-order valence-corrected chi connectivity index (χ0v) is 22.7. The molecule has 9 heteroatoms. The molecule has 3 heterocycles. The Bertz CT molecular complexity index is 1280. The molecule has 0 atom stereocenters. The first-order chi connectivity index (χ1) is 18.4. The highest BCUT2D eigenvalue weighted by molar-refractivity contribution is 7.09. The second-order valence-electron chi connectivity index (χ2n) is 10.0. The third-order valence-corrected chi connectivity index (χ3v) is 8.54. The molecule has 0 N–H and O–H groups in total. The van der Waals surface area contributed by atoms with E-state index >= 15 is 0 Å². The van der Waals surface area contributed by atoms with Crippen LogP contribution in [0.4, 0.5) is 10.1 Å². The number of hydrogen-bond acceptors (Lipinski definition) is 6. The normalized spacial score (nSPS) is 16.6. The van der Waals surface area contributed by atoms with Crippen molar-refractivity contribution in [1.29, 1.82) is 0 Å². The number of thiazole rings is 1. The van der Waals surface area contributed by atoms with Crippen LogP contribution in [0.3, 0.4) is 0 Å². The Morgan fingerprint density at radius 2 is 1.66 bits per heavy atom. The molecule has 0 bridgehead atoms. The summed E-state index contributed by atoms with van der Waals surface area (Å²) in [5.41, 5.74) is 3.81. The number of ether oxygens (including phenoxy) is 1. The van der Waals surface area contributed by atoms with Gasteiger partial charge in [-0.25, -0.2) is 9.37 Å². The summed E-state index contributed by atoms with van der Waals surface area (Å²) in [6.45, 7) is 8.06. The van der Waals surface area contributed by atoms with Crippen LogP contribution in [0.25, 0.3) is 0 Å². The van der Waals surface area contributed by atoms with Gasteiger partial charge in [-0.1, -0.05) is 6.07 Å². The number of aromatic nitrogens is 1. The fourth-order valence-corrected chi connectivity index (χ4v) is 5.94. The summed E-state index contributed by atoms with van der Waals surface area (Å²) in [6.07, 6.45) is 1.65. The second kappa shape index (κ2) is 11.5. The standard InChI is InChI=1S/C29H33FN4O3S/c1-20-3-8-25(17-21(20)2)37-18-27(35)33-11-9-22(10-12-33)28-31-26(19-38-28)29(36)34-15-13-32(14-16-34)24-6-4-23(30)5-7-24/h3-8,17,19,22H,9-16,18H2,1-2H3. The average molecular weight is 537 g/mol. The van der Waals surface area contributed by atoms with Gasteiger partial charge in [-0.05, 0) is 74.2 Å². The molecule has 7 nitrogen and oxygen atoms in total. The zero-order valence-electron chi connectivity index (χ0n) is 21.9. The van der Waals surface area contributed by atoms with E-state index in [0.717, 1.165) is 29.1 Å². The van der Waals surface area contributed by atoms with Gasteiger partial charge in [0, 0.05) is 56.3 Å². The smallest absolute Gasteiger partial charge is 0.273 e. The van der Waals surface area contributed by atoms with Crippen LogP contribution in [-0.2, 0) is 4.79 Å². The van der Waals surface area contributed by atoms with Crippen molar-refractivity contribution < 1.29 is 18.7 Å². The Labute approximate surface area is 226 Å². The van der Waals surface area contributed by atoms with Crippen LogP contribution >= 0.6 is 11.3 Å². The summed E-state index contributed by atoms with van der Waals surface area (Å²) < 4.78 is 18.9. The fourth-order valence-electron chi connectivity index (χ4n) is 4.97. The molecule has 200 valence electrons. The highest BCUT2D eigenvalue weighted by Crippen LogP contribution is 2.31. The van der Waals surface area contributed by atoms with Gasteiger partial charge in [0.15, 0.2) is 6.61 Å². The van der Waals surface area contributed by atoms with Gasteiger partial charge in [0.25, 0.3) is 11.8 Å². The van der Waals surface area contributed by atoms with Crippen LogP contribution in [-0.4, -0.2) is 72.5 Å². The highest BCUT2D eigenvalue weighted by Gasteiger charge is 2.28. The number of piperazine rings is 1. The molecule has 3 aromatic rings. The number of nitrogens with zero attached hydrogens (tertiary/aromatic N) is 4. The minimum atomic E-state index is -0.249. The number of piperidine rings is 1. The molecule has 2 saturated heterocycles. The number of carbonyl (C=O) groups excluding carboxylic acids is 2. The van der Waals surface area contributed by atoms with Gasteiger partial charge in [-0.3, -0.25) is 9.59 Å². The van der Waals surface area contributed by atoms with E-state index in [2.05, 4.69) is 4.90 Å². The molecule has 0 spiro atoms. The van der Waals surface area contributed by atoms with Crippen LogP contribution in [0.15, 0.2) is 47.8 Å². The number of hydrogen-bond donors (Lipinski definition) is 0. The number of aryl methyl sites for hydroxylation is 2. The van der Waals surface area contributed by atoms with Crippen molar-refractivity contribution in [3.05, 3.63) is 75.5 Å². The zero-order chi connectivity index (χ0) is 26.6. The first-order valence-electron chi connectivity index (χ1n) is 13.1. The number of halogens is 1. The van der Waals surface area contributed by atoms with Gasteiger partial charge in [0.05, 0.1) is 5.01 Å². The summed E-state index contributed by atoms with van der Waals surface area (Å²) in [4.78, 5) is 36.3. The van der Waals surface area contributed by atoms with Crippen LogP contribution in [0.1, 0.15) is 45.4 Å². The molecule has 1 aromatic heterocycles. The van der Waals surface area contributed by atoms with Crippen molar-refractivity contribution in [1.82, 2.24) is 14.8 Å². The molecule has 2 aromatic carbocycles. The van der Waals surface area contributed by atoms with Crippen molar-refractivity contribution in [3.63, 3.8) is 0 Å². The van der Waals surface area contributed by atoms with Crippen molar-refractivity contribution >= 4 is 28.8 Å². The summed E-state index contributed by atoms with van der Waals surface area (Å²) >= 11 is 1.53. The summed E-state index contributed by atoms with van der Waals surface area (Å²) in [6, 6.07) is 12.3. The van der Waals surface area contributed by atoms with Gasteiger partial charge in [0.1, 0.15) is 17.3 Å². The van der Waals surface area contributed by atoms with Crippen LogP contribution in [0.2, 0.25) is 0 Å². The molecule has 0 aliphatic carbocycles. The molecular formula is C29H33FN4O3S. The Hall–Kier alpha value is -3.46. The SMILES string of the molecule is Cc1ccc(OCC(=O)N2CCC(c3nc(C(=O)N4CCN(c5ccc(F)cc5)CC4)cs3)CC2)cc1C. The van der Waals surface area contributed by atoms with Crippen LogP contribution < -0.4 is 9.64 Å². The molecule has 0 radical (unpaired) electrons. The van der Waals surface area contributed by atoms with E-state index in [9.17, 15) is 14.0 Å². The maximum Gasteiger partial charge on any atom is 0.273 e. The largest absolute Gasteiger partial charge is 0.484 e. The molecule has 2 aliphatic rings. The molecule has 2 aliphatic heterocycles. The number of anilines is 1. The van der Waals surface area contributed by atoms with Crippen molar-refractivity contribution in [2.75, 3.05) is 50.8 Å². The van der Waals surface area contributed by atoms with E-state index in [1.807, 2.05) is 47.2 Å². The highest BCUT2D eigenvalue weighted by atomic mass is 32.1. The molecule has 0 unspecified atom stereocenters. The van der Waals surface area contributed by atoms with Gasteiger partial charge in [-0.15, -0.1) is 11.3 Å². The van der Waals surface area contributed by atoms with Gasteiger partial charge in [-0.2, -0.15) is 0 Å². The quantitative estimate of drug-likeness (QED) is 0.459. The summed E-state index contributed by atoms with van der Waals surface area (Å²) in [5, 5.41) is 2.83. The molecule has 2 amide bonds. The number of amides is 2. The molecule has 0 saturated carbocycles. The van der Waals surface area contributed by atoms with Crippen LogP contribution in [0, 0.1) is 19.7 Å². The predicted molar refractivity (Wildman–Crippen MR) is 147 cm³/mol. The maximum absolute atomic E-state index is 13.2. The first-order valence-corrected chi connectivity index (χ1v) is 14.0. The minimum absolute atomic E-state index is 0.00327. The van der Waals surface area contributed by atoms with Gasteiger partial charge >= 0.3 is 0 Å². The third-order valence-electron chi connectivity index (χ3n) is 7.54. The number of benzene rings is 2. The Morgan fingerprint density at radius 1 is 0.947 bits per heavy atom. The van der Waals surface area contributed by atoms with E-state index in [4.69, 9.17) is 9.72 Å².